The lowest BCUT2D eigenvalue weighted by molar-refractivity contribution is -0.152. The number of ether oxygens (including phenoxy) is 12. The molecule has 0 bridgehead atoms. The van der Waals surface area contributed by atoms with Gasteiger partial charge in [-0.15, -0.1) is 0 Å². The van der Waals surface area contributed by atoms with E-state index in [4.69, 9.17) is 68.4 Å². The summed E-state index contributed by atoms with van der Waals surface area (Å²) in [6.45, 7) is 16.6. The number of rotatable bonds is 42. The van der Waals surface area contributed by atoms with Crippen molar-refractivity contribution in [2.75, 3.05) is 49.1 Å². The summed E-state index contributed by atoms with van der Waals surface area (Å²) in [4.78, 5) is 45.2. The molecule has 1 saturated carbocycles. The molecule has 0 saturated heterocycles. The van der Waals surface area contributed by atoms with E-state index in [0.29, 0.717) is 97.1 Å². The molecule has 0 aliphatic heterocycles. The fourth-order valence-corrected chi connectivity index (χ4v) is 13.2. The largest absolute Gasteiger partial charge is 0.497 e. The van der Waals surface area contributed by atoms with Crippen molar-refractivity contribution in [3.8, 4) is 63.2 Å². The highest BCUT2D eigenvalue weighted by atomic mass is 35.5. The number of halogens is 3. The van der Waals surface area contributed by atoms with Crippen LogP contribution in [-0.2, 0) is 76.6 Å². The van der Waals surface area contributed by atoms with Gasteiger partial charge in [-0.25, -0.2) is 28.0 Å². The minimum atomic E-state index is -1.34. The maximum Gasteiger partial charge on any atom is 0.347 e. The van der Waals surface area contributed by atoms with Crippen molar-refractivity contribution in [3.05, 3.63) is 340 Å². The van der Waals surface area contributed by atoms with Gasteiger partial charge in [-0.2, -0.15) is 0 Å². The molecule has 0 radical (unpaired) electrons. The highest BCUT2D eigenvalue weighted by molar-refractivity contribution is 6.30. The van der Waals surface area contributed by atoms with Crippen molar-refractivity contribution in [3.63, 3.8) is 0 Å². The Morgan fingerprint density at radius 2 is 0.632 bits per heavy atom. The van der Waals surface area contributed by atoms with Crippen LogP contribution in [0, 0.1) is 17.6 Å². The molecule has 24 nitrogen and oxygen atoms in total. The maximum atomic E-state index is 13.3. The van der Waals surface area contributed by atoms with E-state index in [1.165, 1.54) is 67.5 Å². The average molecular weight is 1840 g/mol. The van der Waals surface area contributed by atoms with Crippen molar-refractivity contribution >= 4 is 58.2 Å². The Bertz CT molecular complexity index is 5680. The lowest BCUT2D eigenvalue weighted by atomic mass is 9.87. The van der Waals surface area contributed by atoms with Crippen LogP contribution in [0.4, 0.5) is 31.5 Å². The number of nitrogens with one attached hydrogen (secondary N) is 4. The molecule has 1 fully saturated rings. The van der Waals surface area contributed by atoms with Crippen molar-refractivity contribution in [2.24, 2.45) is 5.92 Å². The van der Waals surface area contributed by atoms with Crippen LogP contribution < -0.4 is 73.4 Å². The minimum absolute atomic E-state index is 0.0950. The zero-order valence-corrected chi connectivity index (χ0v) is 77.1. The Hall–Kier alpha value is -14.4. The summed E-state index contributed by atoms with van der Waals surface area (Å²) >= 11 is 5.89. The first-order valence-electron chi connectivity index (χ1n) is 43.2. The minimum Gasteiger partial charge on any atom is -0.497 e. The Morgan fingerprint density at radius 3 is 0.985 bits per heavy atom. The number of carbonyl (C=O) groups is 4. The van der Waals surface area contributed by atoms with Gasteiger partial charge in [0, 0.05) is 95.9 Å². The van der Waals surface area contributed by atoms with Crippen molar-refractivity contribution in [2.45, 2.75) is 162 Å². The zero-order chi connectivity index (χ0) is 95.5. The Morgan fingerprint density at radius 1 is 0.323 bits per heavy atom. The second-order valence-electron chi connectivity index (χ2n) is 33.3. The van der Waals surface area contributed by atoms with E-state index < -0.39 is 57.9 Å². The first kappa shape index (κ1) is 101. The predicted octanol–water partition coefficient (Wildman–Crippen LogP) is 23.0. The fourth-order valence-electron chi connectivity index (χ4n) is 13.0. The van der Waals surface area contributed by atoms with Gasteiger partial charge in [0.15, 0.2) is 22.4 Å². The third-order valence-corrected chi connectivity index (χ3v) is 21.3. The first-order chi connectivity index (χ1) is 63.6. The van der Waals surface area contributed by atoms with Crippen LogP contribution >= 0.6 is 11.6 Å². The summed E-state index contributed by atoms with van der Waals surface area (Å²) in [6.07, 6.45) is 3.90. The van der Waals surface area contributed by atoms with Crippen LogP contribution in [0.3, 0.4) is 0 Å². The molecule has 1 aliphatic rings. The van der Waals surface area contributed by atoms with Crippen LogP contribution in [0.2, 0.25) is 5.02 Å². The van der Waals surface area contributed by atoms with Gasteiger partial charge in [-0.3, -0.25) is 0 Å². The molecule has 700 valence electrons. The summed E-state index contributed by atoms with van der Waals surface area (Å²) in [6, 6.07) is 84.8. The number of carboxylic acids is 4. The van der Waals surface area contributed by atoms with E-state index in [0.717, 1.165) is 129 Å². The average Bonchev–Trinajstić information content (AvgIpc) is 0.828. The number of hydrogen-bond acceptors (Lipinski definition) is 20. The maximum absolute atomic E-state index is 13.3. The lowest BCUT2D eigenvalue weighted by Crippen LogP contribution is -2.37. The van der Waals surface area contributed by atoms with E-state index in [1.807, 2.05) is 212 Å². The summed E-state index contributed by atoms with van der Waals surface area (Å²) in [5, 5.41) is 51.1. The normalized spacial score (nSPS) is 12.9. The monoisotopic (exact) mass is 1840 g/mol. The van der Waals surface area contributed by atoms with Crippen LogP contribution in [0.25, 0.3) is 0 Å². The van der Waals surface area contributed by atoms with E-state index in [9.17, 15) is 48.4 Å². The smallest absolute Gasteiger partial charge is 0.347 e. The molecule has 0 spiro atoms. The molecule has 8 N–H and O–H groups in total. The Kier molecular flexibility index (Phi) is 37.2. The standard InChI is InChI=1S/C33H35NO7.C25H27NO5.C24H24ClNO4.C24H29F2NO4/c1-33(2,32(35)36)41-30-7-5-6-26(18-30)34-20-25-12-17-29(39-21-23-8-13-27(37-3)14-9-23)19-31(25)40-22-24-10-15-28(38-4)16-11-24;1-25(2,24(27)28)31-23-6-4-5-20(15-23)26-16-18-7-13-22(14-8-18)30-17-19-9-11-21(29-3)12-10-19;1-24(2,23(27)28)30-22-5-3-4-20(14-22)26-15-17-8-12-21(13-9-17)29-16-18-6-10-19(25)11-7-18;1-24(2,23(28)29)31-22-5-3-4-20(13-22)27-14-16-6-8-21(9-7-16)30-15-17-10-18(25)12-19(26)11-17/h5-19,34H,20-22H2,1-4H3,(H,35,36);4-15,26H,16-17H2,1-3H3,(H,27,28);3-14,26H,15-16H2,1-2H3,(H,27,28);3-5,10-13,16,21,27H,6-9,14-15H2,1-2H3,(H,28,29). The third kappa shape index (κ3) is 33.8. The molecule has 0 amide bonds. The van der Waals surface area contributed by atoms with Gasteiger partial charge < -0.3 is 98.5 Å². The second-order valence-corrected chi connectivity index (χ2v) is 33.8. The number of aliphatic carboxylic acids is 4. The molecule has 12 aromatic carbocycles. The van der Waals surface area contributed by atoms with Gasteiger partial charge in [0.05, 0.1) is 34.0 Å². The van der Waals surface area contributed by atoms with E-state index in [2.05, 4.69) is 21.3 Å². The SMILES string of the molecule is CC(C)(Oc1cccc(NCC2CCC(OCc3cc(F)cc(F)c3)CC2)c1)C(=O)O.CC(C)(Oc1cccc(NCc2ccc(OCc3ccc(Cl)cc3)cc2)c1)C(=O)O.COc1ccc(COc2ccc(CNc3cccc(OC(C)(C)C(=O)O)c3)c(OCc3ccc(OC)cc3)c2)cc1.COc1ccc(COc2ccc(CNc3cccc(OC(C)(C)C(=O)O)c3)cc2)cc1. The van der Waals surface area contributed by atoms with Crippen LogP contribution in [0.5, 0.6) is 63.2 Å². The van der Waals surface area contributed by atoms with Gasteiger partial charge in [0.25, 0.3) is 0 Å². The molecule has 0 atom stereocenters. The van der Waals surface area contributed by atoms with Crippen molar-refractivity contribution < 1.29 is 105 Å². The summed E-state index contributed by atoms with van der Waals surface area (Å²) in [5.41, 5.74) is 5.88. The number of anilines is 4. The van der Waals surface area contributed by atoms with Crippen LogP contribution in [0.1, 0.15) is 126 Å². The van der Waals surface area contributed by atoms with Gasteiger partial charge in [0.2, 0.25) is 0 Å². The van der Waals surface area contributed by atoms with Gasteiger partial charge in [0.1, 0.15) is 101 Å². The Labute approximate surface area is 779 Å². The number of hydrogen-bond donors (Lipinski definition) is 8. The lowest BCUT2D eigenvalue weighted by Gasteiger charge is -2.29. The second kappa shape index (κ2) is 49.0. The quantitative estimate of drug-likeness (QED) is 0.0176. The molecule has 13 rings (SSSR count). The number of carboxylic acid groups (broad SMARTS) is 4. The summed E-state index contributed by atoms with van der Waals surface area (Å²) < 4.78 is 94.4. The Balaban J connectivity index is 0.000000185. The highest BCUT2D eigenvalue weighted by Crippen LogP contribution is 2.34. The topological polar surface area (TPSA) is 308 Å². The molecule has 0 aromatic heterocycles. The zero-order valence-electron chi connectivity index (χ0n) is 76.4. The van der Waals surface area contributed by atoms with Crippen molar-refractivity contribution in [1.29, 1.82) is 0 Å². The van der Waals surface area contributed by atoms with E-state index >= 15 is 0 Å². The molecule has 1 aliphatic carbocycles. The van der Waals surface area contributed by atoms with Gasteiger partial charge in [-0.05, 0) is 272 Å². The van der Waals surface area contributed by atoms with Gasteiger partial charge >= 0.3 is 23.9 Å². The van der Waals surface area contributed by atoms with Crippen LogP contribution in [-0.4, -0.2) is 101 Å². The molecule has 0 unspecified atom stereocenters. The predicted molar refractivity (Wildman–Crippen MR) is 510 cm³/mol. The van der Waals surface area contributed by atoms with Gasteiger partial charge in [-0.1, -0.05) is 109 Å². The molecule has 12 aromatic rings. The number of methoxy groups -OCH3 is 3. The number of benzene rings is 12. The third-order valence-electron chi connectivity index (χ3n) is 21.0. The van der Waals surface area contributed by atoms with E-state index in [1.54, 1.807) is 69.9 Å². The highest BCUT2D eigenvalue weighted by Gasteiger charge is 2.33. The molecule has 133 heavy (non-hydrogen) atoms. The molecular formula is C106H115ClF2N4O20. The van der Waals surface area contributed by atoms with Crippen LogP contribution in [0.15, 0.2) is 279 Å². The summed E-state index contributed by atoms with van der Waals surface area (Å²) in [5.74, 6) is 2.54. The molecule has 0 heterocycles. The van der Waals surface area contributed by atoms with Crippen molar-refractivity contribution in [1.82, 2.24) is 0 Å². The molecular weight excluding hydrogens is 1720 g/mol. The van der Waals surface area contributed by atoms with E-state index in [-0.39, 0.29) is 12.7 Å². The molecule has 27 heteroatoms. The fraction of sp³-hybridized carbons (Fsp3) is 0.283. The summed E-state index contributed by atoms with van der Waals surface area (Å²) in [7, 11) is 4.92. The first-order valence-corrected chi connectivity index (χ1v) is 43.6.